The van der Waals surface area contributed by atoms with Gasteiger partial charge in [-0.3, -0.25) is 9.78 Å². The molecule has 0 saturated carbocycles. The number of pyridine rings is 1. The van der Waals surface area contributed by atoms with Crippen LogP contribution in [0.25, 0.3) is 0 Å². The van der Waals surface area contributed by atoms with Crippen LogP contribution in [0.4, 0.5) is 0 Å². The van der Waals surface area contributed by atoms with Crippen LogP contribution in [0.2, 0.25) is 0 Å². The van der Waals surface area contributed by atoms with Crippen molar-refractivity contribution >= 4 is 44.3 Å². The van der Waals surface area contributed by atoms with Crippen LogP contribution >= 0.6 is 38.5 Å². The number of hydrogen-bond acceptors (Lipinski definition) is 2. The fourth-order valence-corrected chi connectivity index (χ4v) is 2.44. The molecule has 0 bridgehead atoms. The van der Waals surface area contributed by atoms with Crippen molar-refractivity contribution < 1.29 is 4.79 Å². The maximum Gasteiger partial charge on any atom is 0.196 e. The molecule has 0 aliphatic carbocycles. The van der Waals surface area contributed by atoms with Crippen molar-refractivity contribution in [3.05, 3.63) is 61.4 Å². The highest BCUT2D eigenvalue weighted by molar-refractivity contribution is 14.1. The Morgan fingerprint density at radius 1 is 1.29 bits per heavy atom. The number of benzene rings is 1. The van der Waals surface area contributed by atoms with Crippen molar-refractivity contribution in [3.8, 4) is 0 Å². The van der Waals surface area contributed by atoms with E-state index in [4.69, 9.17) is 0 Å². The minimum atomic E-state index is 0.000918. The second kappa shape index (κ2) is 5.27. The van der Waals surface area contributed by atoms with Crippen molar-refractivity contribution in [2.45, 2.75) is 6.92 Å². The lowest BCUT2D eigenvalue weighted by atomic mass is 10.0. The van der Waals surface area contributed by atoms with Gasteiger partial charge in [0, 0.05) is 31.6 Å². The zero-order valence-electron chi connectivity index (χ0n) is 9.08. The zero-order chi connectivity index (χ0) is 12.4. The average molecular weight is 402 g/mol. The van der Waals surface area contributed by atoms with Gasteiger partial charge in [0.1, 0.15) is 0 Å². The van der Waals surface area contributed by atoms with Crippen LogP contribution in [-0.2, 0) is 0 Å². The quantitative estimate of drug-likeness (QED) is 0.562. The van der Waals surface area contributed by atoms with E-state index in [0.717, 1.165) is 13.6 Å². The molecule has 1 heterocycles. The summed E-state index contributed by atoms with van der Waals surface area (Å²) < 4.78 is 1.85. The molecule has 2 aromatic rings. The standard InChI is InChI=1S/C13H9BrINO/c1-8-4-5-16-7-11(8)13(17)10-6-9(15)2-3-12(10)14/h2-7H,1H3. The number of nitrogens with zero attached hydrogens (tertiary/aromatic N) is 1. The highest BCUT2D eigenvalue weighted by Crippen LogP contribution is 2.23. The van der Waals surface area contributed by atoms with Gasteiger partial charge in [0.05, 0.1) is 0 Å². The third-order valence-electron chi connectivity index (χ3n) is 2.46. The van der Waals surface area contributed by atoms with Gasteiger partial charge in [-0.05, 0) is 59.3 Å². The van der Waals surface area contributed by atoms with Crippen molar-refractivity contribution in [1.82, 2.24) is 4.98 Å². The number of ketones is 1. The number of halogens is 2. The Bertz CT molecular complexity index is 583. The van der Waals surface area contributed by atoms with Gasteiger partial charge in [-0.2, -0.15) is 0 Å². The molecule has 86 valence electrons. The first-order valence-corrected chi connectivity index (χ1v) is 6.87. The zero-order valence-corrected chi connectivity index (χ0v) is 12.8. The minimum absolute atomic E-state index is 0.000918. The summed E-state index contributed by atoms with van der Waals surface area (Å²) in [5.74, 6) is 0.000918. The first kappa shape index (κ1) is 12.7. The van der Waals surface area contributed by atoms with E-state index in [2.05, 4.69) is 43.5 Å². The normalized spacial score (nSPS) is 10.3. The van der Waals surface area contributed by atoms with Gasteiger partial charge >= 0.3 is 0 Å². The third kappa shape index (κ3) is 2.74. The summed E-state index contributed by atoms with van der Waals surface area (Å²) in [6.45, 7) is 1.91. The van der Waals surface area contributed by atoms with E-state index in [-0.39, 0.29) is 5.78 Å². The Balaban J connectivity index is 2.51. The molecular weight excluding hydrogens is 393 g/mol. The van der Waals surface area contributed by atoms with Crippen LogP contribution in [0.5, 0.6) is 0 Å². The summed E-state index contributed by atoms with van der Waals surface area (Å²) in [6.07, 6.45) is 3.31. The predicted molar refractivity (Wildman–Crippen MR) is 79.3 cm³/mol. The fourth-order valence-electron chi connectivity index (χ4n) is 1.52. The highest BCUT2D eigenvalue weighted by atomic mass is 127. The Morgan fingerprint density at radius 2 is 2.06 bits per heavy atom. The van der Waals surface area contributed by atoms with Crippen LogP contribution in [0.1, 0.15) is 21.5 Å². The second-order valence-corrected chi connectivity index (χ2v) is 5.74. The molecule has 17 heavy (non-hydrogen) atoms. The second-order valence-electron chi connectivity index (χ2n) is 3.64. The lowest BCUT2D eigenvalue weighted by molar-refractivity contribution is 0.103. The van der Waals surface area contributed by atoms with Gasteiger partial charge in [0.2, 0.25) is 0 Å². The summed E-state index contributed by atoms with van der Waals surface area (Å²) in [6, 6.07) is 7.56. The summed E-state index contributed by atoms with van der Waals surface area (Å²) in [4.78, 5) is 16.4. The molecule has 2 rings (SSSR count). The summed E-state index contributed by atoms with van der Waals surface area (Å²) >= 11 is 5.60. The fraction of sp³-hybridized carbons (Fsp3) is 0.0769. The smallest absolute Gasteiger partial charge is 0.196 e. The Labute approximate surface area is 122 Å². The van der Waals surface area contributed by atoms with Crippen molar-refractivity contribution in [2.75, 3.05) is 0 Å². The lowest BCUT2D eigenvalue weighted by Gasteiger charge is -2.06. The number of rotatable bonds is 2. The van der Waals surface area contributed by atoms with Crippen LogP contribution < -0.4 is 0 Å². The van der Waals surface area contributed by atoms with Gasteiger partial charge in [-0.15, -0.1) is 0 Å². The number of carbonyl (C=O) groups is 1. The molecule has 0 spiro atoms. The van der Waals surface area contributed by atoms with Gasteiger partial charge in [0.15, 0.2) is 5.78 Å². The molecule has 1 aromatic carbocycles. The van der Waals surface area contributed by atoms with E-state index >= 15 is 0 Å². The molecular formula is C13H9BrINO. The number of aromatic nitrogens is 1. The maximum absolute atomic E-state index is 12.4. The Hall–Kier alpha value is -0.750. The Kier molecular flexibility index (Phi) is 3.93. The van der Waals surface area contributed by atoms with Gasteiger partial charge < -0.3 is 0 Å². The van der Waals surface area contributed by atoms with Gasteiger partial charge in [-0.1, -0.05) is 15.9 Å². The molecule has 0 saturated heterocycles. The molecule has 0 radical (unpaired) electrons. The number of hydrogen-bond donors (Lipinski definition) is 0. The highest BCUT2D eigenvalue weighted by Gasteiger charge is 2.15. The molecule has 1 aromatic heterocycles. The van der Waals surface area contributed by atoms with E-state index in [0.29, 0.717) is 11.1 Å². The lowest BCUT2D eigenvalue weighted by Crippen LogP contribution is -2.05. The molecule has 0 N–H and O–H groups in total. The molecule has 4 heteroatoms. The maximum atomic E-state index is 12.4. The topological polar surface area (TPSA) is 30.0 Å². The van der Waals surface area contributed by atoms with Crippen molar-refractivity contribution in [2.24, 2.45) is 0 Å². The predicted octanol–water partition coefficient (Wildman–Crippen LogP) is 3.99. The van der Waals surface area contributed by atoms with E-state index in [1.54, 1.807) is 12.4 Å². The van der Waals surface area contributed by atoms with E-state index < -0.39 is 0 Å². The van der Waals surface area contributed by atoms with E-state index in [1.807, 2.05) is 31.2 Å². The third-order valence-corrected chi connectivity index (χ3v) is 3.82. The minimum Gasteiger partial charge on any atom is -0.288 e. The largest absolute Gasteiger partial charge is 0.288 e. The van der Waals surface area contributed by atoms with Crippen LogP contribution in [-0.4, -0.2) is 10.8 Å². The van der Waals surface area contributed by atoms with Gasteiger partial charge in [-0.25, -0.2) is 0 Å². The van der Waals surface area contributed by atoms with Crippen molar-refractivity contribution in [3.63, 3.8) is 0 Å². The molecule has 2 nitrogen and oxygen atoms in total. The van der Waals surface area contributed by atoms with E-state index in [1.165, 1.54) is 0 Å². The molecule has 0 aliphatic rings. The number of aryl methyl sites for hydroxylation is 1. The molecule has 0 atom stereocenters. The van der Waals surface area contributed by atoms with Gasteiger partial charge in [0.25, 0.3) is 0 Å². The Morgan fingerprint density at radius 3 is 2.76 bits per heavy atom. The van der Waals surface area contributed by atoms with Crippen LogP contribution in [0.3, 0.4) is 0 Å². The first-order chi connectivity index (χ1) is 8.09. The number of carbonyl (C=O) groups excluding carboxylic acids is 1. The monoisotopic (exact) mass is 401 g/mol. The van der Waals surface area contributed by atoms with Crippen molar-refractivity contribution in [1.29, 1.82) is 0 Å². The van der Waals surface area contributed by atoms with Crippen LogP contribution in [0.15, 0.2) is 41.1 Å². The first-order valence-electron chi connectivity index (χ1n) is 5.00. The SMILES string of the molecule is Cc1ccncc1C(=O)c1cc(I)ccc1Br. The molecule has 0 aliphatic heterocycles. The van der Waals surface area contributed by atoms with E-state index in [9.17, 15) is 4.79 Å². The molecule has 0 fully saturated rings. The molecule has 0 unspecified atom stereocenters. The molecule has 0 amide bonds. The average Bonchev–Trinajstić information content (AvgIpc) is 2.32. The van der Waals surface area contributed by atoms with Crippen LogP contribution in [0, 0.1) is 10.5 Å². The summed E-state index contributed by atoms with van der Waals surface area (Å²) in [7, 11) is 0. The summed E-state index contributed by atoms with van der Waals surface area (Å²) in [5.41, 5.74) is 2.26. The summed E-state index contributed by atoms with van der Waals surface area (Å²) in [5, 5.41) is 0.